The number of hydrogen-bond donors (Lipinski definition) is 1. The average Bonchev–Trinajstić information content (AvgIpc) is 3.33. The van der Waals surface area contributed by atoms with Gasteiger partial charge in [0.2, 0.25) is 0 Å². The minimum atomic E-state index is -4.61. The standard InChI is InChI=1S/C28H26F3N3O2S/c29-28(30,31)25-8-4-7-23(33-25)26(35)32-21-13-14-22-24(15-21)37-27(34-22)20-11-9-19(10-12-20)17-36-16-18-5-2-1-3-6-18/h1-8,13-15,19-20H,9-12,16-17H2,(H,32,35)/t19-,20-. The molecule has 9 heteroatoms. The van der Waals surface area contributed by atoms with Gasteiger partial charge in [0.25, 0.3) is 5.91 Å². The Kier molecular flexibility index (Phi) is 7.53. The third kappa shape index (κ3) is 6.34. The third-order valence-electron chi connectivity index (χ3n) is 6.60. The van der Waals surface area contributed by atoms with Gasteiger partial charge in [0.05, 0.1) is 21.8 Å². The number of ether oxygens (including phenoxy) is 1. The fourth-order valence-corrected chi connectivity index (χ4v) is 5.78. The number of amides is 1. The molecule has 1 aliphatic rings. The number of aromatic nitrogens is 2. The molecule has 0 bridgehead atoms. The molecule has 2 aromatic heterocycles. The van der Waals surface area contributed by atoms with Crippen molar-refractivity contribution < 1.29 is 22.7 Å². The summed E-state index contributed by atoms with van der Waals surface area (Å²) >= 11 is 1.60. The Bertz CT molecular complexity index is 1370. The number of carbonyl (C=O) groups is 1. The maximum atomic E-state index is 12.9. The van der Waals surface area contributed by atoms with Gasteiger partial charge < -0.3 is 10.1 Å². The summed E-state index contributed by atoms with van der Waals surface area (Å²) in [7, 11) is 0. The number of carbonyl (C=O) groups excluding carboxylic acids is 1. The van der Waals surface area contributed by atoms with Crippen LogP contribution in [0.2, 0.25) is 0 Å². The number of pyridine rings is 1. The Labute approximate surface area is 216 Å². The molecule has 0 unspecified atom stereocenters. The lowest BCUT2D eigenvalue weighted by atomic mass is 9.83. The van der Waals surface area contributed by atoms with Gasteiger partial charge in [0.15, 0.2) is 0 Å². The van der Waals surface area contributed by atoms with Crippen LogP contribution in [0.25, 0.3) is 10.2 Å². The van der Waals surface area contributed by atoms with Gasteiger partial charge in [-0.1, -0.05) is 36.4 Å². The lowest BCUT2D eigenvalue weighted by molar-refractivity contribution is -0.141. The molecule has 1 amide bonds. The van der Waals surface area contributed by atoms with Gasteiger partial charge in [-0.25, -0.2) is 9.97 Å². The van der Waals surface area contributed by atoms with Crippen LogP contribution in [0.5, 0.6) is 0 Å². The lowest BCUT2D eigenvalue weighted by Gasteiger charge is -2.27. The second kappa shape index (κ2) is 11.0. The number of anilines is 1. The van der Waals surface area contributed by atoms with Gasteiger partial charge in [-0.15, -0.1) is 11.3 Å². The van der Waals surface area contributed by atoms with Crippen molar-refractivity contribution >= 4 is 33.1 Å². The third-order valence-corrected chi connectivity index (χ3v) is 7.78. The number of nitrogens with one attached hydrogen (secondary N) is 1. The summed E-state index contributed by atoms with van der Waals surface area (Å²) in [5.41, 5.74) is 1.15. The highest BCUT2D eigenvalue weighted by Crippen LogP contribution is 2.39. The molecule has 37 heavy (non-hydrogen) atoms. The van der Waals surface area contributed by atoms with Crippen LogP contribution in [0.15, 0.2) is 66.7 Å². The molecule has 5 nitrogen and oxygen atoms in total. The summed E-state index contributed by atoms with van der Waals surface area (Å²) in [6.07, 6.45) is -0.294. The molecule has 192 valence electrons. The maximum absolute atomic E-state index is 12.9. The van der Waals surface area contributed by atoms with Crippen molar-refractivity contribution in [2.75, 3.05) is 11.9 Å². The summed E-state index contributed by atoms with van der Waals surface area (Å²) in [6, 6.07) is 18.8. The van der Waals surface area contributed by atoms with Crippen molar-refractivity contribution in [2.24, 2.45) is 5.92 Å². The second-order valence-electron chi connectivity index (χ2n) is 9.31. The predicted molar refractivity (Wildman–Crippen MR) is 138 cm³/mol. The lowest BCUT2D eigenvalue weighted by Crippen LogP contribution is -2.17. The number of benzene rings is 2. The molecule has 0 radical (unpaired) electrons. The molecular weight excluding hydrogens is 499 g/mol. The van der Waals surface area contributed by atoms with E-state index in [0.29, 0.717) is 24.1 Å². The molecule has 2 aromatic carbocycles. The van der Waals surface area contributed by atoms with E-state index >= 15 is 0 Å². The number of rotatable bonds is 7. The monoisotopic (exact) mass is 525 g/mol. The van der Waals surface area contributed by atoms with Crippen LogP contribution in [-0.2, 0) is 17.5 Å². The highest BCUT2D eigenvalue weighted by molar-refractivity contribution is 7.18. The van der Waals surface area contributed by atoms with E-state index in [9.17, 15) is 18.0 Å². The summed E-state index contributed by atoms with van der Waals surface area (Å²) < 4.78 is 45.6. The number of halogens is 3. The van der Waals surface area contributed by atoms with Crippen LogP contribution >= 0.6 is 11.3 Å². The Morgan fingerprint density at radius 2 is 1.76 bits per heavy atom. The number of alkyl halides is 3. The Hall–Kier alpha value is -3.30. The minimum absolute atomic E-state index is 0.288. The summed E-state index contributed by atoms with van der Waals surface area (Å²) in [6.45, 7) is 1.41. The fourth-order valence-electron chi connectivity index (χ4n) is 4.60. The van der Waals surface area contributed by atoms with E-state index in [1.807, 2.05) is 30.3 Å². The molecule has 0 spiro atoms. The first-order chi connectivity index (χ1) is 17.8. The van der Waals surface area contributed by atoms with Crippen LogP contribution in [0.1, 0.15) is 58.4 Å². The van der Waals surface area contributed by atoms with Crippen molar-refractivity contribution in [1.82, 2.24) is 9.97 Å². The normalized spacial score (nSPS) is 18.1. The van der Waals surface area contributed by atoms with E-state index in [1.165, 1.54) is 17.7 Å². The van der Waals surface area contributed by atoms with Gasteiger partial charge >= 0.3 is 6.18 Å². The number of thiazole rings is 1. The van der Waals surface area contributed by atoms with Crippen LogP contribution < -0.4 is 5.32 Å². The Morgan fingerprint density at radius 3 is 2.51 bits per heavy atom. The maximum Gasteiger partial charge on any atom is 0.433 e. The first-order valence-electron chi connectivity index (χ1n) is 12.2. The van der Waals surface area contributed by atoms with E-state index in [4.69, 9.17) is 9.72 Å². The molecule has 1 fully saturated rings. The number of hydrogen-bond acceptors (Lipinski definition) is 5. The molecule has 0 atom stereocenters. The van der Waals surface area contributed by atoms with Gasteiger partial charge in [-0.3, -0.25) is 4.79 Å². The zero-order valence-electron chi connectivity index (χ0n) is 20.0. The topological polar surface area (TPSA) is 64.1 Å². The molecule has 2 heterocycles. The molecule has 0 saturated heterocycles. The summed E-state index contributed by atoms with van der Waals surface area (Å²) in [4.78, 5) is 20.8. The number of nitrogens with zero attached hydrogens (tertiary/aromatic N) is 2. The minimum Gasteiger partial charge on any atom is -0.376 e. The summed E-state index contributed by atoms with van der Waals surface area (Å²) in [5, 5.41) is 3.74. The van der Waals surface area contributed by atoms with Gasteiger partial charge in [0.1, 0.15) is 11.4 Å². The predicted octanol–water partition coefficient (Wildman–Crippen LogP) is 7.45. The average molecular weight is 526 g/mol. The molecule has 1 saturated carbocycles. The largest absolute Gasteiger partial charge is 0.433 e. The molecule has 0 aliphatic heterocycles. The first kappa shape index (κ1) is 25.4. The molecule has 5 rings (SSSR count). The van der Waals surface area contributed by atoms with Gasteiger partial charge in [-0.2, -0.15) is 13.2 Å². The Balaban J connectivity index is 1.17. The van der Waals surface area contributed by atoms with Crippen LogP contribution in [0.4, 0.5) is 18.9 Å². The quantitative estimate of drug-likeness (QED) is 0.272. The SMILES string of the molecule is O=C(Nc1ccc2nc([C@H]3CC[C@H](COCc4ccccc4)CC3)sc2c1)c1cccc(C(F)(F)F)n1. The highest BCUT2D eigenvalue weighted by Gasteiger charge is 2.33. The van der Waals surface area contributed by atoms with E-state index < -0.39 is 17.8 Å². The molecule has 4 aromatic rings. The smallest absolute Gasteiger partial charge is 0.376 e. The number of fused-ring (bicyclic) bond motifs is 1. The van der Waals surface area contributed by atoms with Crippen molar-refractivity contribution in [3.63, 3.8) is 0 Å². The van der Waals surface area contributed by atoms with E-state index in [2.05, 4.69) is 22.4 Å². The Morgan fingerprint density at radius 1 is 0.973 bits per heavy atom. The zero-order chi connectivity index (χ0) is 25.8. The van der Waals surface area contributed by atoms with Crippen molar-refractivity contribution in [3.05, 3.63) is 88.7 Å². The van der Waals surface area contributed by atoms with Gasteiger partial charge in [0, 0.05) is 18.2 Å². The van der Waals surface area contributed by atoms with Gasteiger partial charge in [-0.05, 0) is 67.5 Å². The van der Waals surface area contributed by atoms with Crippen molar-refractivity contribution in [2.45, 2.75) is 44.4 Å². The van der Waals surface area contributed by atoms with Crippen molar-refractivity contribution in [1.29, 1.82) is 0 Å². The highest BCUT2D eigenvalue weighted by atomic mass is 32.1. The molecule has 1 N–H and O–H groups in total. The van der Waals surface area contributed by atoms with E-state index in [-0.39, 0.29) is 5.69 Å². The molecular formula is C28H26F3N3O2S. The van der Waals surface area contributed by atoms with Crippen LogP contribution in [0, 0.1) is 5.92 Å². The second-order valence-corrected chi connectivity index (χ2v) is 10.4. The first-order valence-corrected chi connectivity index (χ1v) is 13.0. The van der Waals surface area contributed by atoms with Crippen molar-refractivity contribution in [3.8, 4) is 0 Å². The summed E-state index contributed by atoms with van der Waals surface area (Å²) in [5.74, 6) is 0.263. The van der Waals surface area contributed by atoms with E-state index in [0.717, 1.165) is 53.6 Å². The molecule has 1 aliphatic carbocycles. The van der Waals surface area contributed by atoms with E-state index in [1.54, 1.807) is 17.4 Å². The van der Waals surface area contributed by atoms with Crippen LogP contribution in [-0.4, -0.2) is 22.5 Å². The fraction of sp³-hybridized carbons (Fsp3) is 0.321. The van der Waals surface area contributed by atoms with Crippen LogP contribution in [0.3, 0.4) is 0 Å². The zero-order valence-corrected chi connectivity index (χ0v) is 20.8.